The summed E-state index contributed by atoms with van der Waals surface area (Å²) in [5, 5.41) is 2.65. The van der Waals surface area contributed by atoms with Crippen molar-refractivity contribution in [3.8, 4) is 0 Å². The molecule has 2 nitrogen and oxygen atoms in total. The van der Waals surface area contributed by atoms with Gasteiger partial charge in [0.1, 0.15) is 11.6 Å². The maximum Gasteiger partial charge on any atom is 0.254 e. The van der Waals surface area contributed by atoms with E-state index in [1.807, 2.05) is 31.2 Å². The standard InChI is InChI=1S/C16H15F2NO/c1-10-3-5-12(6-4-10)11(2)19-16(20)14-9-13(17)7-8-15(14)18/h3-9,11H,1-2H3,(H,19,20). The highest BCUT2D eigenvalue weighted by Crippen LogP contribution is 2.15. The van der Waals surface area contributed by atoms with Gasteiger partial charge in [-0.3, -0.25) is 4.79 Å². The van der Waals surface area contributed by atoms with E-state index in [0.29, 0.717) is 0 Å². The van der Waals surface area contributed by atoms with E-state index in [2.05, 4.69) is 5.32 Å². The first-order valence-electron chi connectivity index (χ1n) is 6.30. The summed E-state index contributed by atoms with van der Waals surface area (Å²) < 4.78 is 26.6. The number of halogens is 2. The largest absolute Gasteiger partial charge is 0.345 e. The molecule has 1 N–H and O–H groups in total. The Labute approximate surface area is 116 Å². The summed E-state index contributed by atoms with van der Waals surface area (Å²) in [6, 6.07) is 10.2. The van der Waals surface area contributed by atoms with Crippen molar-refractivity contribution in [2.75, 3.05) is 0 Å². The molecule has 0 bridgehead atoms. The lowest BCUT2D eigenvalue weighted by molar-refractivity contribution is 0.0935. The minimum absolute atomic E-state index is 0.286. The lowest BCUT2D eigenvalue weighted by Gasteiger charge is -2.15. The van der Waals surface area contributed by atoms with Crippen molar-refractivity contribution in [2.24, 2.45) is 0 Å². The van der Waals surface area contributed by atoms with Gasteiger partial charge in [0, 0.05) is 0 Å². The van der Waals surface area contributed by atoms with Crippen LogP contribution in [0.25, 0.3) is 0 Å². The second-order valence-corrected chi connectivity index (χ2v) is 4.73. The van der Waals surface area contributed by atoms with E-state index in [-0.39, 0.29) is 11.6 Å². The van der Waals surface area contributed by atoms with E-state index < -0.39 is 17.5 Å². The maximum absolute atomic E-state index is 13.5. The molecule has 0 radical (unpaired) electrons. The summed E-state index contributed by atoms with van der Waals surface area (Å²) in [4.78, 5) is 12.0. The molecule has 0 aliphatic rings. The fourth-order valence-corrected chi connectivity index (χ4v) is 1.88. The molecule has 0 aliphatic heterocycles. The molecule has 104 valence electrons. The van der Waals surface area contributed by atoms with Crippen molar-refractivity contribution in [2.45, 2.75) is 19.9 Å². The molecule has 0 aliphatic carbocycles. The van der Waals surface area contributed by atoms with Gasteiger partial charge in [-0.1, -0.05) is 29.8 Å². The second-order valence-electron chi connectivity index (χ2n) is 4.73. The molecule has 4 heteroatoms. The Balaban J connectivity index is 2.15. The maximum atomic E-state index is 13.5. The van der Waals surface area contributed by atoms with Gasteiger partial charge in [0.15, 0.2) is 0 Å². The minimum atomic E-state index is -0.736. The van der Waals surface area contributed by atoms with Crippen LogP contribution in [-0.2, 0) is 0 Å². The zero-order valence-electron chi connectivity index (χ0n) is 11.3. The Bertz CT molecular complexity index is 623. The quantitative estimate of drug-likeness (QED) is 0.907. The number of nitrogens with one attached hydrogen (secondary N) is 1. The van der Waals surface area contributed by atoms with Crippen LogP contribution in [0.5, 0.6) is 0 Å². The van der Waals surface area contributed by atoms with E-state index in [0.717, 1.165) is 29.3 Å². The van der Waals surface area contributed by atoms with Gasteiger partial charge in [-0.2, -0.15) is 0 Å². The number of hydrogen-bond donors (Lipinski definition) is 1. The first-order valence-corrected chi connectivity index (χ1v) is 6.30. The first-order chi connectivity index (χ1) is 9.47. The van der Waals surface area contributed by atoms with Crippen LogP contribution in [0.1, 0.15) is 34.5 Å². The van der Waals surface area contributed by atoms with E-state index in [9.17, 15) is 13.6 Å². The monoisotopic (exact) mass is 275 g/mol. The van der Waals surface area contributed by atoms with Crippen LogP contribution in [0.3, 0.4) is 0 Å². The van der Waals surface area contributed by atoms with Gasteiger partial charge in [-0.25, -0.2) is 8.78 Å². The smallest absolute Gasteiger partial charge is 0.254 e. The molecule has 0 saturated heterocycles. The van der Waals surface area contributed by atoms with Crippen molar-refractivity contribution in [1.82, 2.24) is 5.32 Å². The van der Waals surface area contributed by atoms with Crippen molar-refractivity contribution in [1.29, 1.82) is 0 Å². The molecule has 0 fully saturated rings. The van der Waals surface area contributed by atoms with Gasteiger partial charge in [-0.05, 0) is 37.6 Å². The van der Waals surface area contributed by atoms with E-state index in [1.165, 1.54) is 0 Å². The number of aryl methyl sites for hydroxylation is 1. The molecule has 20 heavy (non-hydrogen) atoms. The molecular formula is C16H15F2NO. The predicted octanol–water partition coefficient (Wildman–Crippen LogP) is 3.76. The Morgan fingerprint density at radius 1 is 1.10 bits per heavy atom. The van der Waals surface area contributed by atoms with E-state index >= 15 is 0 Å². The van der Waals surface area contributed by atoms with E-state index in [1.54, 1.807) is 6.92 Å². The van der Waals surface area contributed by atoms with Gasteiger partial charge in [0.2, 0.25) is 0 Å². The van der Waals surface area contributed by atoms with Gasteiger partial charge in [-0.15, -0.1) is 0 Å². The van der Waals surface area contributed by atoms with Crippen LogP contribution >= 0.6 is 0 Å². The zero-order chi connectivity index (χ0) is 14.7. The Hall–Kier alpha value is -2.23. The zero-order valence-corrected chi connectivity index (χ0v) is 11.3. The lowest BCUT2D eigenvalue weighted by Crippen LogP contribution is -2.27. The Kier molecular flexibility index (Phi) is 4.13. The summed E-state index contributed by atoms with van der Waals surface area (Å²) >= 11 is 0. The highest BCUT2D eigenvalue weighted by molar-refractivity contribution is 5.94. The summed E-state index contributed by atoms with van der Waals surface area (Å²) in [6.07, 6.45) is 0. The lowest BCUT2D eigenvalue weighted by atomic mass is 10.1. The summed E-state index contributed by atoms with van der Waals surface area (Å²) in [7, 11) is 0. The third-order valence-corrected chi connectivity index (χ3v) is 3.10. The Morgan fingerprint density at radius 2 is 1.75 bits per heavy atom. The average Bonchev–Trinajstić information content (AvgIpc) is 2.42. The van der Waals surface area contributed by atoms with Crippen LogP contribution in [-0.4, -0.2) is 5.91 Å². The summed E-state index contributed by atoms with van der Waals surface area (Å²) in [5.41, 5.74) is 1.73. The topological polar surface area (TPSA) is 29.1 Å². The van der Waals surface area contributed by atoms with Gasteiger partial charge < -0.3 is 5.32 Å². The Morgan fingerprint density at radius 3 is 2.40 bits per heavy atom. The van der Waals surface area contributed by atoms with Crippen molar-refractivity contribution < 1.29 is 13.6 Å². The molecule has 0 spiro atoms. The third-order valence-electron chi connectivity index (χ3n) is 3.10. The van der Waals surface area contributed by atoms with Gasteiger partial charge in [0.05, 0.1) is 11.6 Å². The minimum Gasteiger partial charge on any atom is -0.345 e. The first kappa shape index (κ1) is 14.2. The highest BCUT2D eigenvalue weighted by atomic mass is 19.1. The van der Waals surface area contributed by atoms with Crippen LogP contribution in [0.2, 0.25) is 0 Å². The summed E-state index contributed by atoms with van der Waals surface area (Å²) in [5.74, 6) is -2.00. The van der Waals surface area contributed by atoms with Crippen molar-refractivity contribution in [3.05, 3.63) is 70.8 Å². The van der Waals surface area contributed by atoms with Crippen molar-refractivity contribution >= 4 is 5.91 Å². The van der Waals surface area contributed by atoms with Crippen LogP contribution in [0.15, 0.2) is 42.5 Å². The molecule has 1 unspecified atom stereocenters. The number of rotatable bonds is 3. The van der Waals surface area contributed by atoms with Crippen LogP contribution in [0, 0.1) is 18.6 Å². The molecule has 0 aromatic heterocycles. The number of carbonyl (C=O) groups excluding carboxylic acids is 1. The number of benzene rings is 2. The van der Waals surface area contributed by atoms with E-state index in [4.69, 9.17) is 0 Å². The molecule has 1 atom stereocenters. The molecule has 0 heterocycles. The third kappa shape index (κ3) is 3.20. The highest BCUT2D eigenvalue weighted by Gasteiger charge is 2.15. The molecule has 0 saturated carbocycles. The van der Waals surface area contributed by atoms with Gasteiger partial charge >= 0.3 is 0 Å². The predicted molar refractivity (Wildman–Crippen MR) is 73.4 cm³/mol. The number of hydrogen-bond acceptors (Lipinski definition) is 1. The number of amides is 1. The van der Waals surface area contributed by atoms with Crippen molar-refractivity contribution in [3.63, 3.8) is 0 Å². The van der Waals surface area contributed by atoms with Crippen LogP contribution < -0.4 is 5.32 Å². The fourth-order valence-electron chi connectivity index (χ4n) is 1.88. The SMILES string of the molecule is Cc1ccc(C(C)NC(=O)c2cc(F)ccc2F)cc1. The molecule has 2 rings (SSSR count). The fraction of sp³-hybridized carbons (Fsp3) is 0.188. The molecular weight excluding hydrogens is 260 g/mol. The summed E-state index contributed by atoms with van der Waals surface area (Å²) in [6.45, 7) is 3.76. The second kappa shape index (κ2) is 5.82. The molecule has 1 amide bonds. The number of carbonyl (C=O) groups is 1. The molecule has 2 aromatic rings. The normalized spacial score (nSPS) is 12.0. The van der Waals surface area contributed by atoms with Crippen LogP contribution in [0.4, 0.5) is 8.78 Å². The average molecular weight is 275 g/mol. The molecule has 2 aromatic carbocycles. The van der Waals surface area contributed by atoms with Gasteiger partial charge in [0.25, 0.3) is 5.91 Å².